The van der Waals surface area contributed by atoms with E-state index < -0.39 is 0 Å². The van der Waals surface area contributed by atoms with Crippen LogP contribution in [0.2, 0.25) is 0 Å². The second kappa shape index (κ2) is 9.67. The number of carbonyl (C=O) groups excluding carboxylic acids is 1. The number of likely N-dealkylation sites (N-methyl/N-ethyl adjacent to an activating group) is 2. The van der Waals surface area contributed by atoms with E-state index in [0.29, 0.717) is 13.1 Å². The zero-order valence-corrected chi connectivity index (χ0v) is 23.3. The molecule has 4 heterocycles. The third-order valence-corrected chi connectivity index (χ3v) is 7.59. The van der Waals surface area contributed by atoms with Crippen LogP contribution in [0.5, 0.6) is 0 Å². The molecule has 0 saturated heterocycles. The smallest absolute Gasteiger partial charge is 0.330 e. The average molecular weight is 503 g/mol. The van der Waals surface area contributed by atoms with Crippen LogP contribution >= 0.6 is 0 Å². The van der Waals surface area contributed by atoms with E-state index in [0.717, 1.165) is 34.9 Å². The Morgan fingerprint density at radius 1 is 0.806 bits per heavy atom. The summed E-state index contributed by atoms with van der Waals surface area (Å²) in [7, 11) is 7.04. The van der Waals surface area contributed by atoms with Gasteiger partial charge in [0, 0.05) is 76.3 Å². The number of amides is 1. The molecule has 3 aliphatic rings. The van der Waals surface area contributed by atoms with Crippen molar-refractivity contribution >= 4 is 5.91 Å². The monoisotopic (exact) mass is 502 g/mol. The fourth-order valence-corrected chi connectivity index (χ4v) is 5.17. The predicted octanol–water partition coefficient (Wildman–Crippen LogP) is 2.45. The van der Waals surface area contributed by atoms with E-state index in [9.17, 15) is 14.4 Å². The highest BCUT2D eigenvalue weighted by Crippen LogP contribution is 2.37. The number of hydrogen-bond acceptors (Lipinski definition) is 6. The molecular weight excluding hydrogens is 456 g/mol. The van der Waals surface area contributed by atoms with Gasteiger partial charge in [-0.25, -0.2) is 4.79 Å². The van der Waals surface area contributed by atoms with Gasteiger partial charge < -0.3 is 4.90 Å². The van der Waals surface area contributed by atoms with Crippen molar-refractivity contribution < 1.29 is 4.79 Å². The van der Waals surface area contributed by atoms with Crippen LogP contribution in [0.4, 0.5) is 0 Å². The van der Waals surface area contributed by atoms with Crippen LogP contribution < -0.4 is 11.2 Å². The summed E-state index contributed by atoms with van der Waals surface area (Å²) < 4.78 is 2.77. The minimum Gasteiger partial charge on any atom is -0.333 e. The fourth-order valence-electron chi connectivity index (χ4n) is 5.17. The standard InChI is InChI=1S/C14H23N3O.C12H19N3O2.CH4/c1-9-12-11(8-17(9)14(3,4)5)13(18)16(7)10(2)15(12)6;1-12(2,3)15-6-8-9(7-15)13(4)11(17)14(5)10(8)16;/h9H,2,8H2,1,3-7H3;6-7H2,1-5H3;1H4. The maximum atomic E-state index is 12.3. The van der Waals surface area contributed by atoms with Gasteiger partial charge in [-0.1, -0.05) is 14.0 Å². The second-order valence-electron chi connectivity index (χ2n) is 11.8. The first-order chi connectivity index (χ1) is 15.9. The predicted molar refractivity (Wildman–Crippen MR) is 145 cm³/mol. The molecule has 1 aromatic heterocycles. The molecule has 9 nitrogen and oxygen atoms in total. The van der Waals surface area contributed by atoms with E-state index in [1.807, 2.05) is 11.9 Å². The van der Waals surface area contributed by atoms with E-state index in [2.05, 4.69) is 64.8 Å². The number of nitrogens with zero attached hydrogens (tertiary/aromatic N) is 6. The highest BCUT2D eigenvalue weighted by Gasteiger charge is 2.44. The Bertz CT molecular complexity index is 1210. The maximum Gasteiger partial charge on any atom is 0.330 e. The Morgan fingerprint density at radius 2 is 1.36 bits per heavy atom. The van der Waals surface area contributed by atoms with Crippen LogP contribution in [0, 0.1) is 0 Å². The molecule has 1 unspecified atom stereocenters. The minimum atomic E-state index is -0.246. The largest absolute Gasteiger partial charge is 0.333 e. The zero-order valence-electron chi connectivity index (χ0n) is 23.3. The minimum absolute atomic E-state index is 0. The Labute approximate surface area is 216 Å². The molecule has 0 aromatic carbocycles. The molecule has 0 radical (unpaired) electrons. The lowest BCUT2D eigenvalue weighted by molar-refractivity contribution is -0.126. The van der Waals surface area contributed by atoms with Crippen LogP contribution in [0.1, 0.15) is 67.2 Å². The van der Waals surface area contributed by atoms with Gasteiger partial charge >= 0.3 is 5.69 Å². The van der Waals surface area contributed by atoms with E-state index >= 15 is 0 Å². The van der Waals surface area contributed by atoms with Crippen LogP contribution in [-0.2, 0) is 32.0 Å². The molecule has 36 heavy (non-hydrogen) atoms. The first-order valence-corrected chi connectivity index (χ1v) is 12.1. The molecule has 3 aliphatic heterocycles. The van der Waals surface area contributed by atoms with Crippen LogP contribution in [0.15, 0.2) is 33.3 Å². The van der Waals surface area contributed by atoms with Gasteiger partial charge in [0.15, 0.2) is 0 Å². The van der Waals surface area contributed by atoms with Gasteiger partial charge in [-0.2, -0.15) is 0 Å². The average Bonchev–Trinajstić information content (AvgIpc) is 3.36. The Hall–Kier alpha value is -2.65. The number of rotatable bonds is 0. The number of carbonyl (C=O) groups is 1. The topological polar surface area (TPSA) is 74.0 Å². The Kier molecular flexibility index (Phi) is 7.94. The van der Waals surface area contributed by atoms with E-state index in [4.69, 9.17) is 0 Å². The summed E-state index contributed by atoms with van der Waals surface area (Å²) in [4.78, 5) is 44.4. The highest BCUT2D eigenvalue weighted by molar-refractivity contribution is 5.97. The molecule has 1 atom stereocenters. The first-order valence-electron chi connectivity index (χ1n) is 12.1. The summed E-state index contributed by atoms with van der Waals surface area (Å²) in [6.45, 7) is 21.1. The summed E-state index contributed by atoms with van der Waals surface area (Å²) in [5.74, 6) is 0.841. The van der Waals surface area contributed by atoms with Gasteiger partial charge in [0.25, 0.3) is 11.5 Å². The molecule has 0 spiro atoms. The molecular formula is C27H46N6O3. The van der Waals surface area contributed by atoms with Gasteiger partial charge in [0.1, 0.15) is 5.82 Å². The van der Waals surface area contributed by atoms with E-state index in [-0.39, 0.29) is 41.7 Å². The third-order valence-electron chi connectivity index (χ3n) is 7.59. The molecule has 9 heteroatoms. The summed E-state index contributed by atoms with van der Waals surface area (Å²) in [6.07, 6.45) is 0. The molecule has 1 amide bonds. The van der Waals surface area contributed by atoms with Crippen molar-refractivity contribution in [2.45, 2.75) is 86.1 Å². The number of fused-ring (bicyclic) bond motifs is 1. The van der Waals surface area contributed by atoms with Gasteiger partial charge in [-0.3, -0.25) is 33.4 Å². The third kappa shape index (κ3) is 4.83. The molecule has 0 bridgehead atoms. The van der Waals surface area contributed by atoms with Gasteiger partial charge in [-0.15, -0.1) is 0 Å². The van der Waals surface area contributed by atoms with Crippen LogP contribution in [-0.4, -0.2) is 72.4 Å². The lowest BCUT2D eigenvalue weighted by Crippen LogP contribution is -2.46. The van der Waals surface area contributed by atoms with Crippen molar-refractivity contribution in [3.05, 3.63) is 55.8 Å². The molecule has 0 saturated carbocycles. The summed E-state index contributed by atoms with van der Waals surface area (Å²) >= 11 is 0. The molecule has 0 N–H and O–H groups in total. The first kappa shape index (κ1) is 29.6. The summed E-state index contributed by atoms with van der Waals surface area (Å²) in [6, 6.07) is 0.249. The molecule has 0 aliphatic carbocycles. The Morgan fingerprint density at radius 3 is 1.86 bits per heavy atom. The highest BCUT2D eigenvalue weighted by atomic mass is 16.2. The molecule has 1 aromatic rings. The quantitative estimate of drug-likeness (QED) is 0.543. The second-order valence-corrected chi connectivity index (χ2v) is 11.8. The summed E-state index contributed by atoms with van der Waals surface area (Å²) in [5, 5.41) is 0. The van der Waals surface area contributed by atoms with Crippen LogP contribution in [0.3, 0.4) is 0 Å². The van der Waals surface area contributed by atoms with Crippen molar-refractivity contribution in [3.63, 3.8) is 0 Å². The van der Waals surface area contributed by atoms with Gasteiger partial charge in [0.05, 0.1) is 11.1 Å². The van der Waals surface area contributed by atoms with Gasteiger partial charge in [0.2, 0.25) is 0 Å². The maximum absolute atomic E-state index is 12.3. The molecule has 0 fully saturated rings. The number of aromatic nitrogens is 2. The van der Waals surface area contributed by atoms with Gasteiger partial charge in [-0.05, 0) is 48.5 Å². The SMILES string of the molecule is C.C=C1N(C)C(=O)C2=C(C(C)N(C(C)(C)C)C2)N1C.Cn1c2c(c(=O)n(C)c1=O)CN(C(C)(C)C)C2. The van der Waals surface area contributed by atoms with Crippen LogP contribution in [0.25, 0.3) is 0 Å². The van der Waals surface area contributed by atoms with Crippen molar-refractivity contribution in [2.24, 2.45) is 14.1 Å². The van der Waals surface area contributed by atoms with E-state index in [1.165, 1.54) is 11.6 Å². The van der Waals surface area contributed by atoms with Crippen molar-refractivity contribution in [1.82, 2.24) is 28.7 Å². The zero-order chi connectivity index (χ0) is 26.8. The number of hydrogen-bond donors (Lipinski definition) is 0. The van der Waals surface area contributed by atoms with Crippen molar-refractivity contribution in [1.29, 1.82) is 0 Å². The Balaban J connectivity index is 0.000000247. The normalized spacial score (nSPS) is 20.8. The van der Waals surface area contributed by atoms with Crippen molar-refractivity contribution in [3.8, 4) is 0 Å². The molecule has 4 rings (SSSR count). The molecule has 202 valence electrons. The lowest BCUT2D eigenvalue weighted by Gasteiger charge is -2.39. The van der Waals surface area contributed by atoms with E-state index in [1.54, 1.807) is 23.6 Å². The van der Waals surface area contributed by atoms with Crippen molar-refractivity contribution in [2.75, 3.05) is 20.6 Å². The fraction of sp³-hybridized carbons (Fsp3) is 0.667. The summed E-state index contributed by atoms with van der Waals surface area (Å²) in [5.41, 5.74) is 3.28. The lowest BCUT2D eigenvalue weighted by atomic mass is 10.0.